The smallest absolute Gasteiger partial charge is 0.319 e. The molecular weight excluding hydrogens is 561 g/mol. The highest BCUT2D eigenvalue weighted by Gasteiger charge is 2.34. The van der Waals surface area contributed by atoms with Gasteiger partial charge in [0.05, 0.1) is 39.6 Å². The maximum Gasteiger partial charge on any atom is 0.433 e. The molecule has 2 aromatic carbocycles. The van der Waals surface area contributed by atoms with Crippen LogP contribution in [0.3, 0.4) is 0 Å². The molecule has 4 aromatic rings. The topological polar surface area (TPSA) is 94.0 Å². The van der Waals surface area contributed by atoms with E-state index in [1.807, 2.05) is 0 Å². The molecule has 4 rings (SSSR count). The summed E-state index contributed by atoms with van der Waals surface area (Å²) in [6.07, 6.45) is -3.60. The molecule has 1 amide bonds. The normalized spacial score (nSPS) is 12.2. The lowest BCUT2D eigenvalue weighted by Crippen LogP contribution is -2.17. The Morgan fingerprint density at radius 1 is 1.08 bits per heavy atom. The summed E-state index contributed by atoms with van der Waals surface area (Å²) in [6.45, 7) is 3.70. The number of anilines is 1. The summed E-state index contributed by atoms with van der Waals surface area (Å²) < 4.78 is 65.9. The first-order valence-corrected chi connectivity index (χ1v) is 13.2. The minimum absolute atomic E-state index is 0.0415. The van der Waals surface area contributed by atoms with Crippen LogP contribution in [-0.4, -0.2) is 35.3 Å². The first-order chi connectivity index (χ1) is 16.7. The highest BCUT2D eigenvalue weighted by Crippen LogP contribution is 2.32. The number of carbonyl (C=O) groups is 1. The van der Waals surface area contributed by atoms with E-state index in [4.69, 9.17) is 0 Å². The molecule has 36 heavy (non-hydrogen) atoms. The number of aromatic nitrogens is 3. The Labute approximate surface area is 213 Å². The van der Waals surface area contributed by atoms with Gasteiger partial charge in [0.25, 0.3) is 5.91 Å². The fraction of sp³-hybridized carbons (Fsp3) is 0.208. The lowest BCUT2D eigenvalue weighted by molar-refractivity contribution is -0.140. The number of carbonyl (C=O) groups excluding carboxylic acids is 1. The maximum absolute atomic E-state index is 13.4. The van der Waals surface area contributed by atoms with E-state index in [1.165, 1.54) is 18.2 Å². The van der Waals surface area contributed by atoms with Crippen molar-refractivity contribution in [2.24, 2.45) is 0 Å². The van der Waals surface area contributed by atoms with Gasteiger partial charge in [-0.15, -0.1) is 0 Å². The molecule has 0 unspecified atom stereocenters. The number of nitrogens with one attached hydrogen (secondary N) is 1. The monoisotopic (exact) mass is 580 g/mol. The number of sulfone groups is 1. The van der Waals surface area contributed by atoms with E-state index in [-0.39, 0.29) is 21.4 Å². The minimum Gasteiger partial charge on any atom is -0.319 e. The van der Waals surface area contributed by atoms with Gasteiger partial charge in [-0.25, -0.2) is 13.4 Å². The first kappa shape index (κ1) is 25.8. The lowest BCUT2D eigenvalue weighted by Gasteiger charge is -2.13. The highest BCUT2D eigenvalue weighted by molar-refractivity contribution is 9.10. The van der Waals surface area contributed by atoms with Crippen LogP contribution >= 0.6 is 15.9 Å². The van der Waals surface area contributed by atoms with Crippen LogP contribution in [0, 0.1) is 13.8 Å². The van der Waals surface area contributed by atoms with Gasteiger partial charge >= 0.3 is 6.18 Å². The molecule has 0 saturated carbocycles. The molecule has 188 valence electrons. The van der Waals surface area contributed by atoms with E-state index in [1.54, 1.807) is 42.8 Å². The predicted molar refractivity (Wildman–Crippen MR) is 133 cm³/mol. The van der Waals surface area contributed by atoms with E-state index in [0.29, 0.717) is 28.1 Å². The number of amides is 1. The molecule has 0 atom stereocenters. The number of hydrogen-bond donors (Lipinski definition) is 1. The van der Waals surface area contributed by atoms with Gasteiger partial charge < -0.3 is 5.32 Å². The van der Waals surface area contributed by atoms with E-state index in [2.05, 4.69) is 31.3 Å². The Morgan fingerprint density at radius 3 is 2.36 bits per heavy atom. The summed E-state index contributed by atoms with van der Waals surface area (Å²) in [5.41, 5.74) is 0.931. The number of halogens is 4. The van der Waals surface area contributed by atoms with Crippen molar-refractivity contribution in [2.75, 3.05) is 11.6 Å². The Kier molecular flexibility index (Phi) is 6.69. The molecule has 0 aliphatic heterocycles. The second kappa shape index (κ2) is 9.32. The molecule has 0 radical (unpaired) electrons. The van der Waals surface area contributed by atoms with Gasteiger partial charge in [0.2, 0.25) is 0 Å². The fourth-order valence-electron chi connectivity index (χ4n) is 3.76. The average molecular weight is 581 g/mol. The molecule has 1 N–H and O–H groups in total. The van der Waals surface area contributed by atoms with Crippen molar-refractivity contribution >= 4 is 48.3 Å². The molecule has 0 fully saturated rings. The van der Waals surface area contributed by atoms with Gasteiger partial charge in [0, 0.05) is 16.1 Å². The fourth-order valence-corrected chi connectivity index (χ4v) is 4.75. The molecule has 2 aromatic heterocycles. The van der Waals surface area contributed by atoms with Gasteiger partial charge in [-0.05, 0) is 55.8 Å². The molecule has 0 aliphatic rings. The number of aryl methyl sites for hydroxylation is 1. The zero-order valence-corrected chi connectivity index (χ0v) is 21.7. The maximum atomic E-state index is 13.4. The molecule has 2 heterocycles. The predicted octanol–water partition coefficient (Wildman–Crippen LogP) is 5.53. The number of nitrogens with zero attached hydrogens (tertiary/aromatic N) is 3. The summed E-state index contributed by atoms with van der Waals surface area (Å²) in [7, 11) is -3.32. The third kappa shape index (κ3) is 5.29. The van der Waals surface area contributed by atoms with E-state index in [9.17, 15) is 26.4 Å². The van der Waals surface area contributed by atoms with Crippen LogP contribution < -0.4 is 5.32 Å². The van der Waals surface area contributed by atoms with Gasteiger partial charge in [-0.2, -0.15) is 18.3 Å². The van der Waals surface area contributed by atoms with Crippen LogP contribution in [0.1, 0.15) is 33.0 Å². The summed E-state index contributed by atoms with van der Waals surface area (Å²) in [4.78, 5) is 17.1. The van der Waals surface area contributed by atoms with Crippen molar-refractivity contribution in [1.82, 2.24) is 14.8 Å². The number of rotatable bonds is 5. The van der Waals surface area contributed by atoms with Crippen molar-refractivity contribution in [3.8, 4) is 0 Å². The van der Waals surface area contributed by atoms with Gasteiger partial charge in [0.1, 0.15) is 5.69 Å². The van der Waals surface area contributed by atoms with Crippen LogP contribution in [0.4, 0.5) is 18.9 Å². The third-order valence-electron chi connectivity index (χ3n) is 5.61. The van der Waals surface area contributed by atoms with Crippen LogP contribution in [0.15, 0.2) is 57.9 Å². The van der Waals surface area contributed by atoms with Crippen molar-refractivity contribution in [3.63, 3.8) is 0 Å². The number of hydrogen-bond acceptors (Lipinski definition) is 5. The number of alkyl halides is 3. The highest BCUT2D eigenvalue weighted by atomic mass is 79.9. The summed E-state index contributed by atoms with van der Waals surface area (Å²) >= 11 is 3.29. The van der Waals surface area contributed by atoms with Crippen molar-refractivity contribution in [1.29, 1.82) is 0 Å². The van der Waals surface area contributed by atoms with Gasteiger partial charge in [-0.1, -0.05) is 28.1 Å². The molecule has 0 saturated heterocycles. The molecule has 12 heteroatoms. The molecule has 0 spiro atoms. The van der Waals surface area contributed by atoms with Crippen molar-refractivity contribution in [3.05, 3.63) is 81.2 Å². The zero-order valence-electron chi connectivity index (χ0n) is 19.3. The Balaban J connectivity index is 1.67. The largest absolute Gasteiger partial charge is 0.433 e. The molecule has 0 bridgehead atoms. The number of benzene rings is 2. The molecule has 7 nitrogen and oxygen atoms in total. The molecular formula is C24H20BrF3N4O3S. The van der Waals surface area contributed by atoms with Crippen LogP contribution in [0.2, 0.25) is 0 Å². The Bertz CT molecular complexity index is 1600. The van der Waals surface area contributed by atoms with Gasteiger partial charge in [0.15, 0.2) is 9.84 Å². The summed E-state index contributed by atoms with van der Waals surface area (Å²) in [6, 6.07) is 11.6. The van der Waals surface area contributed by atoms with Crippen molar-refractivity contribution in [2.45, 2.75) is 31.5 Å². The zero-order chi connectivity index (χ0) is 26.4. The first-order valence-electron chi connectivity index (χ1n) is 10.6. The quantitative estimate of drug-likeness (QED) is 0.335. The minimum atomic E-state index is -4.72. The average Bonchev–Trinajstić information content (AvgIpc) is 3.04. The van der Waals surface area contributed by atoms with Crippen molar-refractivity contribution < 1.29 is 26.4 Å². The van der Waals surface area contributed by atoms with Gasteiger partial charge in [-0.3, -0.25) is 9.48 Å². The Hall–Kier alpha value is -3.25. The number of fused-ring (bicyclic) bond motifs is 1. The summed E-state index contributed by atoms with van der Waals surface area (Å²) in [5, 5.41) is 7.42. The van der Waals surface area contributed by atoms with Crippen LogP contribution in [0.25, 0.3) is 10.9 Å². The van der Waals surface area contributed by atoms with Crippen LogP contribution in [0.5, 0.6) is 0 Å². The van der Waals surface area contributed by atoms with E-state index >= 15 is 0 Å². The second-order valence-corrected chi connectivity index (χ2v) is 11.2. The van der Waals surface area contributed by atoms with E-state index in [0.717, 1.165) is 17.9 Å². The third-order valence-corrected chi connectivity index (χ3v) is 7.23. The van der Waals surface area contributed by atoms with E-state index < -0.39 is 27.6 Å². The lowest BCUT2D eigenvalue weighted by atomic mass is 10.1. The summed E-state index contributed by atoms with van der Waals surface area (Å²) in [5.74, 6) is -0.728. The second-order valence-electron chi connectivity index (χ2n) is 8.29. The Morgan fingerprint density at radius 2 is 1.75 bits per heavy atom. The number of pyridine rings is 1. The molecule has 0 aliphatic carbocycles. The van der Waals surface area contributed by atoms with Crippen LogP contribution in [-0.2, 0) is 22.6 Å². The standard InChI is InChI=1S/C24H20BrF3N4O3S/c1-13-22(14(2)32(31-13)12-15-4-7-17(8-5-15)36(3,34)35)30-23(33)19-11-21(24(26,27)28)29-20-9-6-16(25)10-18(19)20/h4-11H,12H2,1-3H3,(H,30,33). The SMILES string of the molecule is Cc1nn(Cc2ccc(S(C)(=O)=O)cc2)c(C)c1NC(=O)c1cc(C(F)(F)F)nc2ccc(Br)cc12.